The Morgan fingerprint density at radius 1 is 1.29 bits per heavy atom. The minimum Gasteiger partial charge on any atom is -0.398 e. The van der Waals surface area contributed by atoms with Crippen molar-refractivity contribution in [3.8, 4) is 11.1 Å². The predicted octanol–water partition coefficient (Wildman–Crippen LogP) is 3.21. The summed E-state index contributed by atoms with van der Waals surface area (Å²) in [5, 5.41) is 8.06. The monoisotopic (exact) mass is 497 g/mol. The number of fused-ring (bicyclic) bond motifs is 2. The lowest BCUT2D eigenvalue weighted by atomic mass is 9.80. The summed E-state index contributed by atoms with van der Waals surface area (Å²) in [7, 11) is 3.07. The standard InChI is InChI=1S/C24H25ClFN7O2/c1-32(2)23(35)17-16(27)4-3-14(20(17)26)15-9-29-22-18(19(15)25)24(11-30-22)6-5-13(7-24)33-10-12(8-31-33)21(28)34/h3-4,8-10,13H,5-7,11,27H2,1-2H3,(H2,28,34)(H,29,30)/t13-,24-/m1/s1. The summed E-state index contributed by atoms with van der Waals surface area (Å²) in [6, 6.07) is 3.08. The minimum absolute atomic E-state index is 0.0492. The molecule has 2 aliphatic rings. The fourth-order valence-corrected chi connectivity index (χ4v) is 5.69. The highest BCUT2D eigenvalue weighted by Gasteiger charge is 2.48. The number of primary amides is 1. The van der Waals surface area contributed by atoms with Crippen molar-refractivity contribution in [3.63, 3.8) is 0 Å². The predicted molar refractivity (Wildman–Crippen MR) is 131 cm³/mol. The maximum Gasteiger partial charge on any atom is 0.258 e. The molecule has 11 heteroatoms. The number of pyridine rings is 1. The lowest BCUT2D eigenvalue weighted by Gasteiger charge is -2.25. The van der Waals surface area contributed by atoms with E-state index in [1.54, 1.807) is 10.9 Å². The summed E-state index contributed by atoms with van der Waals surface area (Å²) in [4.78, 5) is 29.9. The van der Waals surface area contributed by atoms with Gasteiger partial charge >= 0.3 is 0 Å². The molecule has 1 fully saturated rings. The Hall–Kier alpha value is -3.66. The number of benzene rings is 1. The molecule has 35 heavy (non-hydrogen) atoms. The van der Waals surface area contributed by atoms with Gasteiger partial charge in [0.05, 0.1) is 28.4 Å². The first kappa shape index (κ1) is 23.1. The summed E-state index contributed by atoms with van der Waals surface area (Å²) in [5.74, 6) is -1.12. The van der Waals surface area contributed by atoms with E-state index in [0.29, 0.717) is 34.9 Å². The van der Waals surface area contributed by atoms with Crippen molar-refractivity contribution in [2.75, 3.05) is 31.7 Å². The molecule has 0 radical (unpaired) electrons. The van der Waals surface area contributed by atoms with Crippen LogP contribution >= 0.6 is 11.6 Å². The molecule has 1 spiro atoms. The average Bonchev–Trinajstić information content (AvgIpc) is 3.54. The number of nitrogens with one attached hydrogen (secondary N) is 1. The van der Waals surface area contributed by atoms with Gasteiger partial charge in [0.2, 0.25) is 0 Å². The van der Waals surface area contributed by atoms with Crippen LogP contribution < -0.4 is 16.8 Å². The van der Waals surface area contributed by atoms with E-state index < -0.39 is 17.6 Å². The highest BCUT2D eigenvalue weighted by molar-refractivity contribution is 6.34. The molecule has 5 N–H and O–H groups in total. The smallest absolute Gasteiger partial charge is 0.258 e. The second-order valence-electron chi connectivity index (χ2n) is 9.40. The average molecular weight is 498 g/mol. The van der Waals surface area contributed by atoms with Gasteiger partial charge in [-0.2, -0.15) is 5.10 Å². The molecule has 9 nitrogen and oxygen atoms in total. The number of hydrogen-bond acceptors (Lipinski definition) is 6. The lowest BCUT2D eigenvalue weighted by molar-refractivity contribution is 0.0824. The number of halogens is 2. The summed E-state index contributed by atoms with van der Waals surface area (Å²) in [6.45, 7) is 0.632. The molecular formula is C24H25ClFN7O2. The van der Waals surface area contributed by atoms with Gasteiger partial charge in [-0.15, -0.1) is 0 Å². The molecule has 1 saturated carbocycles. The van der Waals surface area contributed by atoms with Crippen LogP contribution in [0.1, 0.15) is 51.6 Å². The van der Waals surface area contributed by atoms with E-state index in [1.165, 1.54) is 43.5 Å². The number of carbonyl (C=O) groups is 2. The summed E-state index contributed by atoms with van der Waals surface area (Å²) >= 11 is 6.95. The maximum absolute atomic E-state index is 15.6. The Bertz CT molecular complexity index is 1370. The number of carbonyl (C=O) groups excluding carboxylic acids is 2. The van der Waals surface area contributed by atoms with Crippen molar-refractivity contribution in [3.05, 3.63) is 58.3 Å². The van der Waals surface area contributed by atoms with E-state index >= 15 is 4.39 Å². The molecule has 0 saturated heterocycles. The van der Waals surface area contributed by atoms with Gasteiger partial charge in [-0.3, -0.25) is 14.3 Å². The zero-order chi connectivity index (χ0) is 25.1. The van der Waals surface area contributed by atoms with Crippen LogP contribution in [-0.4, -0.2) is 52.1 Å². The van der Waals surface area contributed by atoms with Crippen LogP contribution in [0.25, 0.3) is 11.1 Å². The second-order valence-corrected chi connectivity index (χ2v) is 9.78. The number of hydrogen-bond donors (Lipinski definition) is 3. The topological polar surface area (TPSA) is 132 Å². The molecule has 2 aromatic heterocycles. The van der Waals surface area contributed by atoms with Crippen LogP contribution in [0.3, 0.4) is 0 Å². The number of nitrogens with zero attached hydrogens (tertiary/aromatic N) is 4. The molecule has 182 valence electrons. The van der Waals surface area contributed by atoms with E-state index in [-0.39, 0.29) is 28.3 Å². The quantitative estimate of drug-likeness (QED) is 0.474. The SMILES string of the molecule is CN(C)C(=O)c1c(N)ccc(-c2cnc3c(c2Cl)[C@@]2(CC[C@@H](n4cc(C(N)=O)cn4)C2)CN3)c1F. The van der Waals surface area contributed by atoms with Crippen LogP contribution in [0.4, 0.5) is 15.9 Å². The van der Waals surface area contributed by atoms with Gasteiger partial charge in [0.1, 0.15) is 11.6 Å². The maximum atomic E-state index is 15.6. The highest BCUT2D eigenvalue weighted by atomic mass is 35.5. The number of amides is 2. The van der Waals surface area contributed by atoms with Crippen molar-refractivity contribution < 1.29 is 14.0 Å². The molecule has 1 aromatic carbocycles. The van der Waals surface area contributed by atoms with Gasteiger partial charge in [-0.05, 0) is 31.4 Å². The Kier molecular flexibility index (Phi) is 5.43. The summed E-state index contributed by atoms with van der Waals surface area (Å²) < 4.78 is 17.4. The zero-order valence-electron chi connectivity index (χ0n) is 19.3. The molecule has 3 heterocycles. The molecular weight excluding hydrogens is 473 g/mol. The summed E-state index contributed by atoms with van der Waals surface area (Å²) in [5.41, 5.74) is 12.6. The number of rotatable bonds is 4. The van der Waals surface area contributed by atoms with Crippen molar-refractivity contribution in [2.45, 2.75) is 30.7 Å². The van der Waals surface area contributed by atoms with E-state index in [9.17, 15) is 9.59 Å². The molecule has 5 rings (SSSR count). The van der Waals surface area contributed by atoms with Crippen LogP contribution in [-0.2, 0) is 5.41 Å². The van der Waals surface area contributed by atoms with Gasteiger partial charge in [0, 0.05) is 60.8 Å². The molecule has 0 unspecified atom stereocenters. The van der Waals surface area contributed by atoms with Crippen molar-refractivity contribution in [1.29, 1.82) is 0 Å². The molecule has 3 aromatic rings. The fourth-order valence-electron chi connectivity index (χ4n) is 5.25. The van der Waals surface area contributed by atoms with Crippen LogP contribution in [0.5, 0.6) is 0 Å². The number of anilines is 2. The Morgan fingerprint density at radius 2 is 2.06 bits per heavy atom. The third-order valence-corrected chi connectivity index (χ3v) is 7.46. The van der Waals surface area contributed by atoms with Crippen molar-refractivity contribution in [1.82, 2.24) is 19.7 Å². The molecule has 0 bridgehead atoms. The van der Waals surface area contributed by atoms with Crippen LogP contribution in [0.15, 0.2) is 30.7 Å². The first-order chi connectivity index (χ1) is 16.6. The molecule has 2 atom stereocenters. The summed E-state index contributed by atoms with van der Waals surface area (Å²) in [6.07, 6.45) is 7.00. The minimum atomic E-state index is -0.729. The van der Waals surface area contributed by atoms with Gasteiger partial charge < -0.3 is 21.7 Å². The molecule has 1 aliphatic heterocycles. The number of nitrogens with two attached hydrogens (primary N) is 2. The lowest BCUT2D eigenvalue weighted by Crippen LogP contribution is -2.26. The van der Waals surface area contributed by atoms with E-state index in [1.807, 2.05) is 0 Å². The largest absolute Gasteiger partial charge is 0.398 e. The Balaban J connectivity index is 1.55. The van der Waals surface area contributed by atoms with E-state index in [2.05, 4.69) is 15.4 Å². The third kappa shape index (κ3) is 3.59. The van der Waals surface area contributed by atoms with Gasteiger partial charge in [0.15, 0.2) is 0 Å². The van der Waals surface area contributed by atoms with Crippen molar-refractivity contribution >= 4 is 34.9 Å². The Labute approximate surface area is 206 Å². The normalized spacial score (nSPS) is 20.6. The zero-order valence-corrected chi connectivity index (χ0v) is 20.1. The van der Waals surface area contributed by atoms with Crippen molar-refractivity contribution in [2.24, 2.45) is 5.73 Å². The third-order valence-electron chi connectivity index (χ3n) is 7.07. The van der Waals surface area contributed by atoms with Crippen LogP contribution in [0, 0.1) is 5.82 Å². The first-order valence-electron chi connectivity index (χ1n) is 11.2. The van der Waals surface area contributed by atoms with Gasteiger partial charge in [-0.25, -0.2) is 9.37 Å². The van der Waals surface area contributed by atoms with Gasteiger partial charge in [0.25, 0.3) is 11.8 Å². The number of nitrogen functional groups attached to an aromatic ring is 1. The molecule has 2 amide bonds. The van der Waals surface area contributed by atoms with Gasteiger partial charge in [-0.1, -0.05) is 11.6 Å². The van der Waals surface area contributed by atoms with E-state index in [4.69, 9.17) is 23.1 Å². The van der Waals surface area contributed by atoms with Crippen LogP contribution in [0.2, 0.25) is 5.02 Å². The first-order valence-corrected chi connectivity index (χ1v) is 11.6. The Morgan fingerprint density at radius 3 is 2.74 bits per heavy atom. The fraction of sp³-hybridized carbons (Fsp3) is 0.333. The van der Waals surface area contributed by atoms with E-state index in [0.717, 1.165) is 18.4 Å². The highest BCUT2D eigenvalue weighted by Crippen LogP contribution is 2.54. The number of aromatic nitrogens is 3. The second kappa shape index (κ2) is 8.23. The molecule has 1 aliphatic carbocycles.